The van der Waals surface area contributed by atoms with Crippen LogP contribution >= 0.6 is 0 Å². The standard InChI is InChI=1S/C27H31N5O2/c1-3-30(4-2)27(33)18-29-11-13-31(14-12-29)23-6-5-7-24(17-23)32-20-28-25-16-21(8-9-26(25)32)22-10-15-34-19-22/h5-10,15-17,19-20H,3-4,11-14,18H2,1-2H3. The number of hydrogen-bond acceptors (Lipinski definition) is 5. The van der Waals surface area contributed by atoms with Gasteiger partial charge < -0.3 is 14.2 Å². The molecule has 7 nitrogen and oxygen atoms in total. The lowest BCUT2D eigenvalue weighted by Gasteiger charge is -2.36. The van der Waals surface area contributed by atoms with Gasteiger partial charge in [0.1, 0.15) is 6.33 Å². The van der Waals surface area contributed by atoms with Gasteiger partial charge in [-0.3, -0.25) is 14.3 Å². The number of piperazine rings is 1. The van der Waals surface area contributed by atoms with E-state index < -0.39 is 0 Å². The third-order valence-corrected chi connectivity index (χ3v) is 6.72. The fourth-order valence-corrected chi connectivity index (χ4v) is 4.70. The number of likely N-dealkylation sites (N-methyl/N-ethyl adjacent to an activating group) is 1. The quantitative estimate of drug-likeness (QED) is 0.415. The first kappa shape index (κ1) is 22.2. The highest BCUT2D eigenvalue weighted by Gasteiger charge is 2.21. The molecule has 2 aromatic carbocycles. The lowest BCUT2D eigenvalue weighted by Crippen LogP contribution is -2.50. The number of nitrogens with zero attached hydrogens (tertiary/aromatic N) is 5. The molecule has 1 aliphatic rings. The van der Waals surface area contributed by atoms with E-state index in [4.69, 9.17) is 4.42 Å². The summed E-state index contributed by atoms with van der Waals surface area (Å²) >= 11 is 0. The molecule has 1 aliphatic heterocycles. The SMILES string of the molecule is CCN(CC)C(=O)CN1CCN(c2cccc(-n3cnc4cc(-c5ccoc5)ccc43)c2)CC1. The Morgan fingerprint density at radius 2 is 1.76 bits per heavy atom. The second kappa shape index (κ2) is 9.73. The summed E-state index contributed by atoms with van der Waals surface area (Å²) < 4.78 is 7.36. The zero-order valence-electron chi connectivity index (χ0n) is 19.9. The van der Waals surface area contributed by atoms with Crippen LogP contribution in [0.1, 0.15) is 13.8 Å². The Hall–Kier alpha value is -3.58. The molecule has 7 heteroatoms. The average Bonchev–Trinajstić information content (AvgIpc) is 3.55. The topological polar surface area (TPSA) is 57.8 Å². The zero-order valence-corrected chi connectivity index (χ0v) is 19.9. The van der Waals surface area contributed by atoms with Crippen molar-refractivity contribution in [2.75, 3.05) is 50.7 Å². The highest BCUT2D eigenvalue weighted by molar-refractivity contribution is 5.83. The molecule has 0 saturated carbocycles. The molecule has 1 saturated heterocycles. The summed E-state index contributed by atoms with van der Waals surface area (Å²) in [7, 11) is 0. The van der Waals surface area contributed by atoms with Crippen molar-refractivity contribution < 1.29 is 9.21 Å². The number of aromatic nitrogens is 2. The number of furan rings is 1. The molecule has 0 radical (unpaired) electrons. The predicted molar refractivity (Wildman–Crippen MR) is 135 cm³/mol. The van der Waals surface area contributed by atoms with Crippen molar-refractivity contribution in [2.24, 2.45) is 0 Å². The molecule has 2 aromatic heterocycles. The number of carbonyl (C=O) groups is 1. The van der Waals surface area contributed by atoms with E-state index in [1.165, 1.54) is 5.69 Å². The van der Waals surface area contributed by atoms with E-state index in [1.807, 2.05) is 31.1 Å². The summed E-state index contributed by atoms with van der Waals surface area (Å²) in [4.78, 5) is 23.7. The van der Waals surface area contributed by atoms with Gasteiger partial charge in [0.05, 0.1) is 30.1 Å². The fourth-order valence-electron chi connectivity index (χ4n) is 4.70. The van der Waals surface area contributed by atoms with Crippen molar-refractivity contribution in [1.82, 2.24) is 19.4 Å². The zero-order chi connectivity index (χ0) is 23.5. The highest BCUT2D eigenvalue weighted by Crippen LogP contribution is 2.27. The van der Waals surface area contributed by atoms with Crippen molar-refractivity contribution >= 4 is 22.6 Å². The molecule has 0 spiro atoms. The molecule has 3 heterocycles. The van der Waals surface area contributed by atoms with Gasteiger partial charge in [0.25, 0.3) is 0 Å². The summed E-state index contributed by atoms with van der Waals surface area (Å²) in [6.45, 7) is 9.73. The van der Waals surface area contributed by atoms with Crippen LogP contribution in [0.5, 0.6) is 0 Å². The van der Waals surface area contributed by atoms with Crippen molar-refractivity contribution in [2.45, 2.75) is 13.8 Å². The Kier molecular flexibility index (Phi) is 6.36. The van der Waals surface area contributed by atoms with Crippen LogP contribution in [0.15, 0.2) is 71.8 Å². The summed E-state index contributed by atoms with van der Waals surface area (Å²) in [5.74, 6) is 0.225. The molecular weight excluding hydrogens is 426 g/mol. The molecule has 1 amide bonds. The number of fused-ring (bicyclic) bond motifs is 1. The maximum absolute atomic E-state index is 12.5. The monoisotopic (exact) mass is 457 g/mol. The minimum atomic E-state index is 0.225. The lowest BCUT2D eigenvalue weighted by molar-refractivity contribution is -0.132. The third-order valence-electron chi connectivity index (χ3n) is 6.72. The van der Waals surface area contributed by atoms with Gasteiger partial charge in [0.15, 0.2) is 0 Å². The number of benzene rings is 2. The lowest BCUT2D eigenvalue weighted by atomic mass is 10.1. The largest absolute Gasteiger partial charge is 0.472 e. The first-order valence-corrected chi connectivity index (χ1v) is 12.0. The van der Waals surface area contributed by atoms with Crippen LogP contribution in [0.4, 0.5) is 5.69 Å². The molecular formula is C27H31N5O2. The summed E-state index contributed by atoms with van der Waals surface area (Å²) in [5.41, 5.74) is 6.47. The normalized spacial score (nSPS) is 14.6. The van der Waals surface area contributed by atoms with Gasteiger partial charge in [-0.15, -0.1) is 0 Å². The molecule has 0 bridgehead atoms. The molecule has 5 rings (SSSR count). The van der Waals surface area contributed by atoms with Crippen LogP contribution in [0.3, 0.4) is 0 Å². The molecule has 0 aliphatic carbocycles. The van der Waals surface area contributed by atoms with Crippen LogP contribution < -0.4 is 4.90 Å². The van der Waals surface area contributed by atoms with Gasteiger partial charge in [-0.1, -0.05) is 12.1 Å². The number of rotatable bonds is 7. The maximum Gasteiger partial charge on any atom is 0.236 e. The third kappa shape index (κ3) is 4.43. The van der Waals surface area contributed by atoms with Crippen molar-refractivity contribution in [3.05, 3.63) is 67.4 Å². The minimum Gasteiger partial charge on any atom is -0.472 e. The molecule has 176 valence electrons. The minimum absolute atomic E-state index is 0.225. The van der Waals surface area contributed by atoms with Gasteiger partial charge in [0.2, 0.25) is 5.91 Å². The molecule has 0 unspecified atom stereocenters. The number of amides is 1. The summed E-state index contributed by atoms with van der Waals surface area (Å²) in [5, 5.41) is 0. The first-order chi connectivity index (χ1) is 16.7. The van der Waals surface area contributed by atoms with E-state index in [0.29, 0.717) is 6.54 Å². The van der Waals surface area contributed by atoms with E-state index >= 15 is 0 Å². The van der Waals surface area contributed by atoms with Gasteiger partial charge in [0, 0.05) is 56.2 Å². The second-order valence-corrected chi connectivity index (χ2v) is 8.68. The molecule has 0 atom stereocenters. The Bertz CT molecular complexity index is 1250. The van der Waals surface area contributed by atoms with Gasteiger partial charge in [-0.25, -0.2) is 4.98 Å². The van der Waals surface area contributed by atoms with Crippen molar-refractivity contribution in [3.8, 4) is 16.8 Å². The van der Waals surface area contributed by atoms with Crippen LogP contribution in [-0.4, -0.2) is 71.1 Å². The first-order valence-electron chi connectivity index (χ1n) is 12.0. The van der Waals surface area contributed by atoms with E-state index in [9.17, 15) is 4.79 Å². The van der Waals surface area contributed by atoms with E-state index in [0.717, 1.165) is 67.1 Å². The van der Waals surface area contributed by atoms with Crippen LogP contribution in [-0.2, 0) is 4.79 Å². The Balaban J connectivity index is 1.29. The number of imidazole rings is 1. The molecule has 4 aromatic rings. The van der Waals surface area contributed by atoms with Crippen molar-refractivity contribution in [1.29, 1.82) is 0 Å². The van der Waals surface area contributed by atoms with Gasteiger partial charge >= 0.3 is 0 Å². The summed E-state index contributed by atoms with van der Waals surface area (Å²) in [6, 6.07) is 16.9. The summed E-state index contributed by atoms with van der Waals surface area (Å²) in [6.07, 6.45) is 5.33. The van der Waals surface area contributed by atoms with Crippen LogP contribution in [0, 0.1) is 0 Å². The fraction of sp³-hybridized carbons (Fsp3) is 0.333. The van der Waals surface area contributed by atoms with Gasteiger partial charge in [-0.05, 0) is 55.8 Å². The average molecular weight is 458 g/mol. The second-order valence-electron chi connectivity index (χ2n) is 8.68. The predicted octanol–water partition coefficient (Wildman–Crippen LogP) is 4.28. The molecule has 34 heavy (non-hydrogen) atoms. The van der Waals surface area contributed by atoms with Gasteiger partial charge in [-0.2, -0.15) is 0 Å². The van der Waals surface area contributed by atoms with Crippen molar-refractivity contribution in [3.63, 3.8) is 0 Å². The van der Waals surface area contributed by atoms with Crippen LogP contribution in [0.2, 0.25) is 0 Å². The number of hydrogen-bond donors (Lipinski definition) is 0. The maximum atomic E-state index is 12.5. The van der Waals surface area contributed by atoms with E-state index in [2.05, 4.69) is 61.8 Å². The number of anilines is 1. The Labute approximate surface area is 200 Å². The Morgan fingerprint density at radius 3 is 2.50 bits per heavy atom. The smallest absolute Gasteiger partial charge is 0.236 e. The molecule has 1 fully saturated rings. The van der Waals surface area contributed by atoms with Crippen LogP contribution in [0.25, 0.3) is 27.8 Å². The highest BCUT2D eigenvalue weighted by atomic mass is 16.3. The van der Waals surface area contributed by atoms with E-state index in [-0.39, 0.29) is 5.91 Å². The Morgan fingerprint density at radius 1 is 0.971 bits per heavy atom. The number of carbonyl (C=O) groups excluding carboxylic acids is 1. The van der Waals surface area contributed by atoms with E-state index in [1.54, 1.807) is 12.5 Å². The molecule has 0 N–H and O–H groups in total.